The summed E-state index contributed by atoms with van der Waals surface area (Å²) in [6.07, 6.45) is 4.18. The molecule has 0 aliphatic carbocycles. The predicted molar refractivity (Wildman–Crippen MR) is 167 cm³/mol. The van der Waals surface area contributed by atoms with Gasteiger partial charge in [-0.1, -0.05) is 81.1 Å². The maximum Gasteiger partial charge on any atom is 0.408 e. The molecule has 43 heavy (non-hydrogen) atoms. The fourth-order valence-electron chi connectivity index (χ4n) is 4.97. The molecule has 2 atom stereocenters. The molecule has 9 heteroatoms. The zero-order valence-electron chi connectivity index (χ0n) is 26.8. The molecule has 0 fully saturated rings. The zero-order valence-corrected chi connectivity index (χ0v) is 26.8. The molecule has 0 aromatic heterocycles. The Morgan fingerprint density at radius 3 is 2.09 bits per heavy atom. The first-order valence-electron chi connectivity index (χ1n) is 15.1. The number of ether oxygens (including phenoxy) is 2. The van der Waals surface area contributed by atoms with Crippen LogP contribution < -0.4 is 10.6 Å². The highest BCUT2D eigenvalue weighted by Gasteiger charge is 2.37. The first kappa shape index (κ1) is 35.3. The fraction of sp³-hybridized carbons (Fsp3) is 0.529. The number of amides is 3. The molecule has 0 spiro atoms. The fourth-order valence-corrected chi connectivity index (χ4v) is 4.97. The van der Waals surface area contributed by atoms with E-state index in [1.165, 1.54) is 7.11 Å². The van der Waals surface area contributed by atoms with E-state index in [4.69, 9.17) is 9.47 Å². The van der Waals surface area contributed by atoms with Gasteiger partial charge in [-0.3, -0.25) is 14.4 Å². The Hall–Kier alpha value is -3.88. The lowest BCUT2D eigenvalue weighted by molar-refractivity contribution is -0.144. The van der Waals surface area contributed by atoms with Crippen LogP contribution in [0.15, 0.2) is 48.5 Å². The van der Waals surface area contributed by atoms with E-state index in [9.17, 15) is 19.2 Å². The molecule has 2 rings (SSSR count). The summed E-state index contributed by atoms with van der Waals surface area (Å²) in [4.78, 5) is 55.0. The Morgan fingerprint density at radius 1 is 0.884 bits per heavy atom. The van der Waals surface area contributed by atoms with Crippen molar-refractivity contribution in [3.63, 3.8) is 0 Å². The molecule has 9 nitrogen and oxygen atoms in total. The number of hydrogen-bond donors (Lipinski definition) is 2. The number of methoxy groups -OCH3 is 1. The summed E-state index contributed by atoms with van der Waals surface area (Å²) in [5.74, 6) is -1.51. The predicted octanol–water partition coefficient (Wildman–Crippen LogP) is 5.57. The number of hydrogen-bond acceptors (Lipinski definition) is 6. The van der Waals surface area contributed by atoms with Crippen LogP contribution in [0, 0.1) is 13.8 Å². The van der Waals surface area contributed by atoms with Crippen molar-refractivity contribution in [1.29, 1.82) is 0 Å². The van der Waals surface area contributed by atoms with Gasteiger partial charge in [0.15, 0.2) is 0 Å². The Balaban J connectivity index is 2.60. The van der Waals surface area contributed by atoms with Crippen molar-refractivity contribution in [1.82, 2.24) is 15.5 Å². The van der Waals surface area contributed by atoms with Gasteiger partial charge >= 0.3 is 12.1 Å². The smallest absolute Gasteiger partial charge is 0.408 e. The van der Waals surface area contributed by atoms with Crippen LogP contribution in [0.3, 0.4) is 0 Å². The summed E-state index contributed by atoms with van der Waals surface area (Å²) >= 11 is 0. The maximum atomic E-state index is 14.6. The largest absolute Gasteiger partial charge is 0.468 e. The number of rotatable bonds is 15. The topological polar surface area (TPSA) is 114 Å². The lowest BCUT2D eigenvalue weighted by Gasteiger charge is -2.36. The Kier molecular flexibility index (Phi) is 14.2. The second-order valence-electron chi connectivity index (χ2n) is 11.8. The van der Waals surface area contributed by atoms with E-state index >= 15 is 0 Å². The van der Waals surface area contributed by atoms with Crippen molar-refractivity contribution in [2.75, 3.05) is 20.2 Å². The average Bonchev–Trinajstić information content (AvgIpc) is 2.95. The van der Waals surface area contributed by atoms with E-state index in [2.05, 4.69) is 17.6 Å². The molecule has 0 aliphatic heterocycles. The lowest BCUT2D eigenvalue weighted by Crippen LogP contribution is -2.54. The Bertz CT molecular complexity index is 1190. The van der Waals surface area contributed by atoms with Gasteiger partial charge in [0.1, 0.15) is 24.2 Å². The van der Waals surface area contributed by atoms with Crippen molar-refractivity contribution in [2.24, 2.45) is 0 Å². The van der Waals surface area contributed by atoms with Crippen LogP contribution in [0.25, 0.3) is 0 Å². The number of esters is 1. The van der Waals surface area contributed by atoms with Gasteiger partial charge in [-0.2, -0.15) is 0 Å². The molecule has 0 heterocycles. The van der Waals surface area contributed by atoms with Crippen LogP contribution in [0.1, 0.15) is 88.1 Å². The number of alkyl carbamates (subject to hydrolysis) is 1. The summed E-state index contributed by atoms with van der Waals surface area (Å²) in [7, 11) is 1.25. The lowest BCUT2D eigenvalue weighted by atomic mass is 9.93. The standard InChI is InChI=1S/C34H49N3O6/c1-8-9-10-11-15-21-37(30(31(39)35-23-28(38)42-7)29-24(2)17-16-18-25(29)3)32(40)27(22-26-19-13-12-14-20-26)36-33(41)43-34(4,5)6/h12-14,16-20,27,30H,8-11,15,21-23H2,1-7H3,(H,35,39)(H,36,41). The molecular formula is C34H49N3O6. The normalized spacial score (nSPS) is 12.5. The van der Waals surface area contributed by atoms with E-state index in [1.807, 2.05) is 62.4 Å². The van der Waals surface area contributed by atoms with Gasteiger partial charge < -0.3 is 25.0 Å². The van der Waals surface area contributed by atoms with Gasteiger partial charge in [0.2, 0.25) is 11.8 Å². The van der Waals surface area contributed by atoms with Gasteiger partial charge in [0, 0.05) is 13.0 Å². The average molecular weight is 596 g/mol. The summed E-state index contributed by atoms with van der Waals surface area (Å²) < 4.78 is 10.3. The summed E-state index contributed by atoms with van der Waals surface area (Å²) in [5, 5.41) is 5.46. The molecule has 0 bridgehead atoms. The quantitative estimate of drug-likeness (QED) is 0.206. The third-order valence-corrected chi connectivity index (χ3v) is 7.07. The van der Waals surface area contributed by atoms with E-state index in [0.717, 1.165) is 42.4 Å². The molecule has 2 N–H and O–H groups in total. The van der Waals surface area contributed by atoms with Crippen molar-refractivity contribution in [2.45, 2.75) is 97.8 Å². The zero-order chi connectivity index (χ0) is 32.0. The van der Waals surface area contributed by atoms with E-state index < -0.39 is 41.6 Å². The molecule has 0 radical (unpaired) electrons. The van der Waals surface area contributed by atoms with Gasteiger partial charge in [0.05, 0.1) is 7.11 Å². The summed E-state index contributed by atoms with van der Waals surface area (Å²) in [6, 6.07) is 13.0. The monoisotopic (exact) mass is 595 g/mol. The second kappa shape index (κ2) is 17.3. The van der Waals surface area contributed by atoms with E-state index in [1.54, 1.807) is 25.7 Å². The van der Waals surface area contributed by atoms with E-state index in [-0.39, 0.29) is 19.5 Å². The minimum Gasteiger partial charge on any atom is -0.468 e. The van der Waals surface area contributed by atoms with Crippen molar-refractivity contribution in [3.05, 3.63) is 70.8 Å². The SMILES string of the molecule is CCCCCCCN(C(=O)C(Cc1ccccc1)NC(=O)OC(C)(C)C)C(C(=O)NCC(=O)OC)c1c(C)cccc1C. The molecule has 0 aliphatic rings. The molecule has 3 amide bonds. The van der Waals surface area contributed by atoms with Crippen molar-refractivity contribution < 1.29 is 28.7 Å². The molecule has 2 unspecified atom stereocenters. The van der Waals surface area contributed by atoms with E-state index in [0.29, 0.717) is 12.0 Å². The first-order valence-corrected chi connectivity index (χ1v) is 15.1. The number of unbranched alkanes of at least 4 members (excludes halogenated alkanes) is 4. The Morgan fingerprint density at radius 2 is 1.51 bits per heavy atom. The number of benzene rings is 2. The summed E-state index contributed by atoms with van der Waals surface area (Å²) in [5.41, 5.74) is 2.43. The number of aryl methyl sites for hydroxylation is 2. The highest BCUT2D eigenvalue weighted by molar-refractivity contribution is 5.93. The molecule has 0 saturated heterocycles. The first-order chi connectivity index (χ1) is 20.4. The Labute approximate surface area is 256 Å². The molecule has 2 aromatic rings. The van der Waals surface area contributed by atoms with Gasteiger partial charge in [-0.05, 0) is 63.3 Å². The highest BCUT2D eigenvalue weighted by atomic mass is 16.6. The number of nitrogens with one attached hydrogen (secondary N) is 2. The van der Waals surface area contributed by atoms with Crippen molar-refractivity contribution in [3.8, 4) is 0 Å². The van der Waals surface area contributed by atoms with Gasteiger partial charge in [-0.25, -0.2) is 4.79 Å². The molecule has 2 aromatic carbocycles. The number of carbonyl (C=O) groups is 4. The van der Waals surface area contributed by atoms with Crippen LogP contribution >= 0.6 is 0 Å². The van der Waals surface area contributed by atoms with Crippen LogP contribution in [0.4, 0.5) is 4.79 Å². The third kappa shape index (κ3) is 11.7. The van der Waals surface area contributed by atoms with Gasteiger partial charge in [-0.15, -0.1) is 0 Å². The highest BCUT2D eigenvalue weighted by Crippen LogP contribution is 2.29. The molecule has 236 valence electrons. The molecular weight excluding hydrogens is 546 g/mol. The van der Waals surface area contributed by atoms with Crippen LogP contribution in [0.2, 0.25) is 0 Å². The van der Waals surface area contributed by atoms with Gasteiger partial charge in [0.25, 0.3) is 0 Å². The minimum atomic E-state index is -1.04. The van der Waals surface area contributed by atoms with Crippen LogP contribution in [0.5, 0.6) is 0 Å². The van der Waals surface area contributed by atoms with Crippen LogP contribution in [-0.4, -0.2) is 60.6 Å². The summed E-state index contributed by atoms with van der Waals surface area (Å²) in [6.45, 7) is 11.1. The molecule has 0 saturated carbocycles. The maximum absolute atomic E-state index is 14.6. The minimum absolute atomic E-state index is 0.203. The van der Waals surface area contributed by atoms with Crippen molar-refractivity contribution >= 4 is 23.9 Å². The second-order valence-corrected chi connectivity index (χ2v) is 11.8. The third-order valence-electron chi connectivity index (χ3n) is 7.07. The number of carbonyl (C=O) groups excluding carboxylic acids is 4. The number of nitrogens with zero attached hydrogens (tertiary/aromatic N) is 1. The van der Waals surface area contributed by atoms with Crippen LogP contribution in [-0.2, 0) is 30.3 Å².